The van der Waals surface area contributed by atoms with Crippen molar-refractivity contribution in [3.8, 4) is 11.3 Å². The molecule has 142 valence electrons. The van der Waals surface area contributed by atoms with Gasteiger partial charge >= 0.3 is 0 Å². The normalized spacial score (nSPS) is 16.1. The molecule has 2 aromatic heterocycles. The van der Waals surface area contributed by atoms with Crippen LogP contribution in [0.15, 0.2) is 36.5 Å². The Hall–Kier alpha value is -2.23. The first-order chi connectivity index (χ1) is 12.8. The van der Waals surface area contributed by atoms with Crippen molar-refractivity contribution in [3.63, 3.8) is 0 Å². The third-order valence-corrected chi connectivity index (χ3v) is 7.26. The van der Waals surface area contributed by atoms with Crippen molar-refractivity contribution in [2.24, 2.45) is 0 Å². The van der Waals surface area contributed by atoms with Crippen LogP contribution in [0.5, 0.6) is 0 Å². The summed E-state index contributed by atoms with van der Waals surface area (Å²) in [7, 11) is -3.21. The summed E-state index contributed by atoms with van der Waals surface area (Å²) in [6, 6.07) is 9.93. The molecule has 1 aliphatic rings. The average molecular weight is 405 g/mol. The van der Waals surface area contributed by atoms with Gasteiger partial charge in [-0.15, -0.1) is 0 Å². The Morgan fingerprint density at radius 1 is 1.11 bits per heavy atom. The van der Waals surface area contributed by atoms with Gasteiger partial charge < -0.3 is 4.90 Å². The van der Waals surface area contributed by atoms with E-state index in [-0.39, 0.29) is 5.91 Å². The highest BCUT2D eigenvalue weighted by Crippen LogP contribution is 2.28. The zero-order valence-corrected chi connectivity index (χ0v) is 16.8. The van der Waals surface area contributed by atoms with Gasteiger partial charge in [0, 0.05) is 43.6 Å². The van der Waals surface area contributed by atoms with Crippen molar-refractivity contribution in [1.82, 2.24) is 18.6 Å². The molecule has 27 heavy (non-hydrogen) atoms. The SMILES string of the molecule is Cc1c(C(=O)N2CCN(S(C)(=O)=O)CC2)sc2nc(-c3ccccc3)cn12. The van der Waals surface area contributed by atoms with Crippen LogP contribution in [-0.4, -0.2) is 65.3 Å². The fourth-order valence-corrected chi connectivity index (χ4v) is 5.17. The van der Waals surface area contributed by atoms with E-state index in [1.54, 1.807) is 4.90 Å². The number of aromatic nitrogens is 2. The number of benzene rings is 1. The molecule has 0 bridgehead atoms. The Morgan fingerprint density at radius 2 is 1.78 bits per heavy atom. The Bertz CT molecular complexity index is 1090. The minimum atomic E-state index is -3.21. The predicted molar refractivity (Wildman–Crippen MR) is 106 cm³/mol. The highest BCUT2D eigenvalue weighted by molar-refractivity contribution is 7.88. The fraction of sp³-hybridized carbons (Fsp3) is 0.333. The molecule has 7 nitrogen and oxygen atoms in total. The molecule has 0 aliphatic carbocycles. The van der Waals surface area contributed by atoms with Crippen LogP contribution >= 0.6 is 11.3 Å². The molecule has 3 aromatic rings. The van der Waals surface area contributed by atoms with Gasteiger partial charge in [-0.1, -0.05) is 41.7 Å². The maximum absolute atomic E-state index is 12.9. The first-order valence-electron chi connectivity index (χ1n) is 8.63. The molecule has 0 spiro atoms. The molecular weight excluding hydrogens is 384 g/mol. The molecule has 3 heterocycles. The van der Waals surface area contributed by atoms with E-state index in [2.05, 4.69) is 4.98 Å². The van der Waals surface area contributed by atoms with Gasteiger partial charge in [0.05, 0.1) is 11.9 Å². The van der Waals surface area contributed by atoms with Crippen LogP contribution in [0.2, 0.25) is 0 Å². The molecule has 0 unspecified atom stereocenters. The Balaban J connectivity index is 1.57. The van der Waals surface area contributed by atoms with E-state index < -0.39 is 10.0 Å². The van der Waals surface area contributed by atoms with E-state index >= 15 is 0 Å². The van der Waals surface area contributed by atoms with Gasteiger partial charge in [-0.3, -0.25) is 9.20 Å². The molecule has 4 rings (SSSR count). The second-order valence-corrected chi connectivity index (χ2v) is 9.58. The van der Waals surface area contributed by atoms with Crippen molar-refractivity contribution in [1.29, 1.82) is 0 Å². The first-order valence-corrected chi connectivity index (χ1v) is 11.3. The van der Waals surface area contributed by atoms with Gasteiger partial charge in [0.15, 0.2) is 4.96 Å². The topological polar surface area (TPSA) is 75.0 Å². The van der Waals surface area contributed by atoms with E-state index in [0.717, 1.165) is 21.9 Å². The molecule has 0 N–H and O–H groups in total. The van der Waals surface area contributed by atoms with Crippen LogP contribution in [-0.2, 0) is 10.0 Å². The van der Waals surface area contributed by atoms with Crippen molar-refractivity contribution < 1.29 is 13.2 Å². The van der Waals surface area contributed by atoms with Crippen molar-refractivity contribution in [2.75, 3.05) is 32.4 Å². The van der Waals surface area contributed by atoms with E-state index in [0.29, 0.717) is 31.1 Å². The number of rotatable bonds is 3. The number of aryl methyl sites for hydroxylation is 1. The largest absolute Gasteiger partial charge is 0.335 e. The third kappa shape index (κ3) is 3.38. The number of fused-ring (bicyclic) bond motifs is 1. The molecule has 1 aromatic carbocycles. The fourth-order valence-electron chi connectivity index (χ4n) is 3.26. The molecule has 1 fully saturated rings. The predicted octanol–water partition coefficient (Wildman–Crippen LogP) is 2.09. The first kappa shape index (κ1) is 18.1. The smallest absolute Gasteiger partial charge is 0.265 e. The maximum Gasteiger partial charge on any atom is 0.265 e. The maximum atomic E-state index is 12.9. The summed E-state index contributed by atoms with van der Waals surface area (Å²) >= 11 is 1.38. The molecule has 1 aliphatic heterocycles. The number of carbonyl (C=O) groups is 1. The van der Waals surface area contributed by atoms with Crippen molar-refractivity contribution >= 4 is 32.2 Å². The molecule has 0 atom stereocenters. The Kier molecular flexibility index (Phi) is 4.53. The lowest BCUT2D eigenvalue weighted by Gasteiger charge is -2.33. The van der Waals surface area contributed by atoms with E-state index in [1.165, 1.54) is 21.9 Å². The van der Waals surface area contributed by atoms with Gasteiger partial charge in [0.1, 0.15) is 4.88 Å². The standard InChI is InChI=1S/C18H20N4O3S2/c1-13-16(17(23)20-8-10-21(11-9-20)27(2,24)25)26-18-19-15(12-22(13)18)14-6-4-3-5-7-14/h3-7,12H,8-11H2,1-2H3. The number of sulfonamides is 1. The number of carbonyl (C=O) groups excluding carboxylic acids is 1. The molecule has 1 amide bonds. The lowest BCUT2D eigenvalue weighted by atomic mass is 10.2. The van der Waals surface area contributed by atoms with Crippen LogP contribution in [0.1, 0.15) is 15.4 Å². The lowest BCUT2D eigenvalue weighted by molar-refractivity contribution is 0.0702. The van der Waals surface area contributed by atoms with Gasteiger partial charge in [0.25, 0.3) is 5.91 Å². The Morgan fingerprint density at radius 3 is 2.37 bits per heavy atom. The lowest BCUT2D eigenvalue weighted by Crippen LogP contribution is -2.50. The number of nitrogens with zero attached hydrogens (tertiary/aromatic N) is 4. The summed E-state index contributed by atoms with van der Waals surface area (Å²) in [6.45, 7) is 3.40. The van der Waals surface area contributed by atoms with Crippen LogP contribution in [0.3, 0.4) is 0 Å². The number of piperazine rings is 1. The molecule has 0 radical (unpaired) electrons. The zero-order chi connectivity index (χ0) is 19.2. The summed E-state index contributed by atoms with van der Waals surface area (Å²) in [5.74, 6) is -0.0580. The molecule has 1 saturated heterocycles. The summed E-state index contributed by atoms with van der Waals surface area (Å²) in [4.78, 5) is 20.7. The van der Waals surface area contributed by atoms with E-state index in [9.17, 15) is 13.2 Å². The van der Waals surface area contributed by atoms with E-state index in [4.69, 9.17) is 0 Å². The number of hydrogen-bond donors (Lipinski definition) is 0. The second-order valence-electron chi connectivity index (χ2n) is 6.62. The highest BCUT2D eigenvalue weighted by atomic mass is 32.2. The van der Waals surface area contributed by atoms with Crippen LogP contribution < -0.4 is 0 Å². The Labute approximate surface area is 161 Å². The van der Waals surface area contributed by atoms with Crippen LogP contribution in [0, 0.1) is 6.92 Å². The monoisotopic (exact) mass is 404 g/mol. The number of hydrogen-bond acceptors (Lipinski definition) is 5. The summed E-state index contributed by atoms with van der Waals surface area (Å²) in [5, 5.41) is 0. The summed E-state index contributed by atoms with van der Waals surface area (Å²) in [5.41, 5.74) is 2.78. The number of thiazole rings is 1. The summed E-state index contributed by atoms with van der Waals surface area (Å²) < 4.78 is 26.6. The quantitative estimate of drug-likeness (QED) is 0.670. The van der Waals surface area contributed by atoms with Crippen molar-refractivity contribution in [3.05, 3.63) is 47.1 Å². The van der Waals surface area contributed by atoms with Gasteiger partial charge in [-0.25, -0.2) is 13.4 Å². The zero-order valence-electron chi connectivity index (χ0n) is 15.1. The molecular formula is C18H20N4O3S2. The van der Waals surface area contributed by atoms with E-state index in [1.807, 2.05) is 47.9 Å². The van der Waals surface area contributed by atoms with Crippen LogP contribution in [0.25, 0.3) is 16.2 Å². The number of imidazole rings is 1. The minimum Gasteiger partial charge on any atom is -0.335 e. The second kappa shape index (κ2) is 6.74. The molecule has 9 heteroatoms. The highest BCUT2D eigenvalue weighted by Gasteiger charge is 2.29. The van der Waals surface area contributed by atoms with Gasteiger partial charge in [0.2, 0.25) is 10.0 Å². The van der Waals surface area contributed by atoms with Gasteiger partial charge in [-0.2, -0.15) is 4.31 Å². The van der Waals surface area contributed by atoms with Gasteiger partial charge in [-0.05, 0) is 6.92 Å². The van der Waals surface area contributed by atoms with Crippen LogP contribution in [0.4, 0.5) is 0 Å². The average Bonchev–Trinajstić information content (AvgIpc) is 3.21. The summed E-state index contributed by atoms with van der Waals surface area (Å²) in [6.07, 6.45) is 3.15. The van der Waals surface area contributed by atoms with Crippen molar-refractivity contribution in [2.45, 2.75) is 6.92 Å². The number of amides is 1. The minimum absolute atomic E-state index is 0.0580. The third-order valence-electron chi connectivity index (χ3n) is 4.82. The molecule has 0 saturated carbocycles.